The summed E-state index contributed by atoms with van der Waals surface area (Å²) in [6.45, 7) is 2.31. The molecule has 0 amide bonds. The third-order valence-corrected chi connectivity index (χ3v) is 3.89. The molecule has 0 fully saturated rings. The van der Waals surface area contributed by atoms with Crippen LogP contribution in [0.4, 0.5) is 0 Å². The van der Waals surface area contributed by atoms with Gasteiger partial charge in [-0.25, -0.2) is 4.68 Å². The van der Waals surface area contributed by atoms with Crippen molar-refractivity contribution in [2.45, 2.75) is 19.9 Å². The molecule has 0 bridgehead atoms. The zero-order valence-electron chi connectivity index (χ0n) is 10.6. The fourth-order valence-electron chi connectivity index (χ4n) is 1.85. The van der Waals surface area contributed by atoms with E-state index in [4.69, 9.17) is 5.11 Å². The molecule has 6 nitrogen and oxygen atoms in total. The van der Waals surface area contributed by atoms with Gasteiger partial charge < -0.3 is 5.11 Å². The Bertz CT molecular complexity index is 630. The van der Waals surface area contributed by atoms with E-state index in [0.717, 1.165) is 14.5 Å². The van der Waals surface area contributed by atoms with Gasteiger partial charge in [-0.05, 0) is 34.5 Å². The number of hydrogen-bond donors (Lipinski definition) is 1. The number of halogens is 2. The minimum absolute atomic E-state index is 0.0549. The summed E-state index contributed by atoms with van der Waals surface area (Å²) in [6.07, 6.45) is 0.0823. The molecule has 20 heavy (non-hydrogen) atoms. The molecule has 8 heteroatoms. The number of hydrogen-bond acceptors (Lipinski definition) is 4. The van der Waals surface area contributed by atoms with Crippen molar-refractivity contribution in [3.05, 3.63) is 27.1 Å². The van der Waals surface area contributed by atoms with Crippen LogP contribution < -0.4 is 0 Å². The fraction of sp³-hybridized carbons (Fsp3) is 0.333. The fourth-order valence-corrected chi connectivity index (χ4v) is 2.63. The molecular formula is C12H12Br2N4O2. The molecule has 1 aromatic carbocycles. The first-order valence-corrected chi connectivity index (χ1v) is 7.49. The van der Waals surface area contributed by atoms with E-state index in [1.807, 2.05) is 25.1 Å². The number of carboxylic acids is 1. The summed E-state index contributed by atoms with van der Waals surface area (Å²) in [5.41, 5.74) is 0.854. The third kappa shape index (κ3) is 3.63. The van der Waals surface area contributed by atoms with E-state index in [1.54, 1.807) is 4.68 Å². The summed E-state index contributed by atoms with van der Waals surface area (Å²) in [7, 11) is 0. The van der Waals surface area contributed by atoms with Crippen molar-refractivity contribution in [1.82, 2.24) is 20.2 Å². The van der Waals surface area contributed by atoms with Crippen LogP contribution in [0.1, 0.15) is 13.3 Å². The normalized spacial score (nSPS) is 12.3. The van der Waals surface area contributed by atoms with Gasteiger partial charge in [-0.1, -0.05) is 38.8 Å². The minimum Gasteiger partial charge on any atom is -0.481 e. The van der Waals surface area contributed by atoms with Crippen molar-refractivity contribution in [3.63, 3.8) is 0 Å². The van der Waals surface area contributed by atoms with Gasteiger partial charge in [-0.2, -0.15) is 0 Å². The number of rotatable bonds is 5. The molecule has 0 aliphatic rings. The highest BCUT2D eigenvalue weighted by Gasteiger charge is 2.16. The van der Waals surface area contributed by atoms with E-state index in [9.17, 15) is 4.79 Å². The van der Waals surface area contributed by atoms with Crippen LogP contribution in [0.5, 0.6) is 0 Å². The first-order chi connectivity index (χ1) is 9.47. The van der Waals surface area contributed by atoms with Crippen LogP contribution in [0, 0.1) is 5.92 Å². The van der Waals surface area contributed by atoms with E-state index in [1.165, 1.54) is 0 Å². The average molecular weight is 404 g/mol. The number of nitrogens with zero attached hydrogens (tertiary/aromatic N) is 4. The lowest BCUT2D eigenvalue weighted by Gasteiger charge is -2.11. The summed E-state index contributed by atoms with van der Waals surface area (Å²) < 4.78 is 3.42. The topological polar surface area (TPSA) is 80.9 Å². The van der Waals surface area contributed by atoms with Crippen molar-refractivity contribution in [1.29, 1.82) is 0 Å². The van der Waals surface area contributed by atoms with Gasteiger partial charge in [0, 0.05) is 27.5 Å². The Kier molecular flexibility index (Phi) is 4.87. The van der Waals surface area contributed by atoms with Crippen molar-refractivity contribution in [2.24, 2.45) is 5.92 Å². The molecule has 0 aliphatic carbocycles. The highest BCUT2D eigenvalue weighted by molar-refractivity contribution is 9.11. The van der Waals surface area contributed by atoms with E-state index in [-0.39, 0.29) is 12.3 Å². The smallest absolute Gasteiger partial charge is 0.303 e. The van der Waals surface area contributed by atoms with Gasteiger partial charge in [0.2, 0.25) is 0 Å². The summed E-state index contributed by atoms with van der Waals surface area (Å²) in [6, 6.07) is 5.72. The van der Waals surface area contributed by atoms with Gasteiger partial charge >= 0.3 is 5.97 Å². The minimum atomic E-state index is -0.823. The van der Waals surface area contributed by atoms with Gasteiger partial charge in [-0.15, -0.1) is 5.10 Å². The van der Waals surface area contributed by atoms with Crippen molar-refractivity contribution in [3.8, 4) is 11.4 Å². The molecule has 0 aliphatic heterocycles. The molecule has 2 aromatic rings. The molecule has 1 unspecified atom stereocenters. The summed E-state index contributed by atoms with van der Waals surface area (Å²) in [4.78, 5) is 10.7. The Hall–Kier alpha value is -1.28. The molecule has 1 aromatic heterocycles. The van der Waals surface area contributed by atoms with Crippen LogP contribution in [-0.2, 0) is 11.3 Å². The van der Waals surface area contributed by atoms with Gasteiger partial charge in [0.15, 0.2) is 5.82 Å². The first kappa shape index (κ1) is 15.1. The quantitative estimate of drug-likeness (QED) is 0.829. The monoisotopic (exact) mass is 402 g/mol. The van der Waals surface area contributed by atoms with E-state index < -0.39 is 5.97 Å². The molecule has 0 saturated heterocycles. The first-order valence-electron chi connectivity index (χ1n) is 5.90. The SMILES string of the molecule is CC(CC(=O)O)Cn1nnnc1-c1cc(Br)ccc1Br. The predicted molar refractivity (Wildman–Crippen MR) is 80.1 cm³/mol. The van der Waals surface area contributed by atoms with Gasteiger partial charge in [0.05, 0.1) is 0 Å². The number of benzene rings is 1. The van der Waals surface area contributed by atoms with Gasteiger partial charge in [0.25, 0.3) is 0 Å². The Labute approximate surface area is 132 Å². The zero-order chi connectivity index (χ0) is 14.7. The largest absolute Gasteiger partial charge is 0.481 e. The Morgan fingerprint density at radius 3 is 2.90 bits per heavy atom. The zero-order valence-corrected chi connectivity index (χ0v) is 13.8. The molecule has 0 spiro atoms. The van der Waals surface area contributed by atoms with E-state index in [0.29, 0.717) is 12.4 Å². The molecule has 1 N–H and O–H groups in total. The summed E-state index contributed by atoms with van der Waals surface area (Å²) in [5, 5.41) is 20.4. The summed E-state index contributed by atoms with van der Waals surface area (Å²) in [5.74, 6) is -0.271. The Balaban J connectivity index is 2.28. The lowest BCUT2D eigenvalue weighted by Crippen LogP contribution is -2.14. The van der Waals surface area contributed by atoms with Crippen molar-refractivity contribution in [2.75, 3.05) is 0 Å². The maximum Gasteiger partial charge on any atom is 0.303 e. The van der Waals surface area contributed by atoms with E-state index >= 15 is 0 Å². The van der Waals surface area contributed by atoms with Crippen LogP contribution in [-0.4, -0.2) is 31.3 Å². The maximum absolute atomic E-state index is 10.7. The van der Waals surface area contributed by atoms with Crippen LogP contribution in [0.15, 0.2) is 27.1 Å². The van der Waals surface area contributed by atoms with Crippen LogP contribution in [0.25, 0.3) is 11.4 Å². The second-order valence-corrected chi connectivity index (χ2v) is 6.28. The van der Waals surface area contributed by atoms with Crippen LogP contribution in [0.3, 0.4) is 0 Å². The Morgan fingerprint density at radius 1 is 1.45 bits per heavy atom. The number of carboxylic acid groups (broad SMARTS) is 1. The standard InChI is InChI=1S/C12H12Br2N4O2/c1-7(4-11(19)20)6-18-12(15-16-17-18)9-5-8(13)2-3-10(9)14/h2-3,5,7H,4,6H2,1H3,(H,19,20). The second kappa shape index (κ2) is 6.45. The predicted octanol–water partition coefficient (Wildman–Crippen LogP) is 2.98. The lowest BCUT2D eigenvalue weighted by molar-refractivity contribution is -0.138. The molecule has 0 saturated carbocycles. The second-order valence-electron chi connectivity index (χ2n) is 4.51. The van der Waals surface area contributed by atoms with Crippen molar-refractivity contribution >= 4 is 37.8 Å². The maximum atomic E-state index is 10.7. The molecule has 1 atom stereocenters. The number of tetrazole rings is 1. The third-order valence-electron chi connectivity index (χ3n) is 2.71. The lowest BCUT2D eigenvalue weighted by atomic mass is 10.1. The molecule has 1 heterocycles. The van der Waals surface area contributed by atoms with Gasteiger partial charge in [-0.3, -0.25) is 4.79 Å². The van der Waals surface area contributed by atoms with E-state index in [2.05, 4.69) is 47.4 Å². The number of aliphatic carboxylic acids is 1. The molecular weight excluding hydrogens is 392 g/mol. The average Bonchev–Trinajstić information content (AvgIpc) is 2.79. The highest BCUT2D eigenvalue weighted by atomic mass is 79.9. The van der Waals surface area contributed by atoms with Gasteiger partial charge in [0.1, 0.15) is 0 Å². The molecule has 0 radical (unpaired) electrons. The number of aromatic nitrogens is 4. The Morgan fingerprint density at radius 2 is 2.20 bits per heavy atom. The number of carbonyl (C=O) groups is 1. The summed E-state index contributed by atoms with van der Waals surface area (Å²) >= 11 is 6.88. The molecule has 2 rings (SSSR count). The van der Waals surface area contributed by atoms with Crippen LogP contribution in [0.2, 0.25) is 0 Å². The molecule has 106 valence electrons. The van der Waals surface area contributed by atoms with Crippen molar-refractivity contribution < 1.29 is 9.90 Å². The highest BCUT2D eigenvalue weighted by Crippen LogP contribution is 2.29. The van der Waals surface area contributed by atoms with Crippen LogP contribution >= 0.6 is 31.9 Å².